The van der Waals surface area contributed by atoms with E-state index in [9.17, 15) is 4.79 Å². The van der Waals surface area contributed by atoms with Crippen molar-refractivity contribution in [3.8, 4) is 0 Å². The molecule has 0 N–H and O–H groups in total. The second kappa shape index (κ2) is 4.90. The minimum atomic E-state index is 0.128. The third kappa shape index (κ3) is 2.51. The van der Waals surface area contributed by atoms with Gasteiger partial charge in [0.15, 0.2) is 0 Å². The van der Waals surface area contributed by atoms with Crippen LogP contribution in [0.3, 0.4) is 0 Å². The van der Waals surface area contributed by atoms with E-state index < -0.39 is 0 Å². The third-order valence-electron chi connectivity index (χ3n) is 3.39. The van der Waals surface area contributed by atoms with Gasteiger partial charge in [-0.25, -0.2) is 0 Å². The molecule has 0 bridgehead atoms. The number of aromatic nitrogens is 2. The van der Waals surface area contributed by atoms with Crippen molar-refractivity contribution in [3.05, 3.63) is 18.0 Å². The second-order valence-corrected chi connectivity index (χ2v) is 5.19. The van der Waals surface area contributed by atoms with Gasteiger partial charge in [0.1, 0.15) is 5.69 Å². The molecule has 17 heavy (non-hydrogen) atoms. The number of nitrogens with zero attached hydrogens (tertiary/aromatic N) is 3. The first-order chi connectivity index (χ1) is 8.11. The highest BCUT2D eigenvalue weighted by molar-refractivity contribution is 5.92. The molecule has 1 saturated heterocycles. The summed E-state index contributed by atoms with van der Waals surface area (Å²) in [5, 5.41) is 4.16. The molecule has 4 heteroatoms. The lowest BCUT2D eigenvalue weighted by Crippen LogP contribution is -2.43. The van der Waals surface area contributed by atoms with Gasteiger partial charge in [0.2, 0.25) is 0 Å². The molecule has 2 heterocycles. The average Bonchev–Trinajstić information content (AvgIpc) is 2.74. The Labute approximate surface area is 103 Å². The Bertz CT molecular complexity index is 389. The second-order valence-electron chi connectivity index (χ2n) is 5.19. The Morgan fingerprint density at radius 3 is 2.65 bits per heavy atom. The van der Waals surface area contributed by atoms with Gasteiger partial charge < -0.3 is 4.90 Å². The number of amides is 1. The molecule has 0 radical (unpaired) electrons. The number of rotatable bonds is 2. The molecule has 1 aliphatic rings. The summed E-state index contributed by atoms with van der Waals surface area (Å²) in [6.45, 7) is 8.93. The summed E-state index contributed by atoms with van der Waals surface area (Å²) in [5.74, 6) is 1.32. The van der Waals surface area contributed by atoms with Crippen molar-refractivity contribution in [2.75, 3.05) is 13.1 Å². The van der Waals surface area contributed by atoms with Crippen LogP contribution < -0.4 is 0 Å². The molecule has 1 aromatic heterocycles. The summed E-state index contributed by atoms with van der Waals surface area (Å²) in [6, 6.07) is 1.82. The maximum absolute atomic E-state index is 12.4. The number of likely N-dealkylation sites (tertiary alicyclic amines) is 1. The fraction of sp³-hybridized carbons (Fsp3) is 0.692. The first kappa shape index (κ1) is 12.1. The van der Waals surface area contributed by atoms with Gasteiger partial charge in [0.05, 0.1) is 0 Å². The molecule has 1 aliphatic heterocycles. The van der Waals surface area contributed by atoms with E-state index in [1.807, 2.05) is 17.9 Å². The normalized spacial score (nSPS) is 25.0. The van der Waals surface area contributed by atoms with Crippen LogP contribution in [-0.4, -0.2) is 33.7 Å². The molecule has 94 valence electrons. The number of hydrogen-bond donors (Lipinski definition) is 0. The zero-order chi connectivity index (χ0) is 12.4. The van der Waals surface area contributed by atoms with E-state index in [2.05, 4.69) is 18.9 Å². The number of carbonyl (C=O) groups excluding carboxylic acids is 1. The third-order valence-corrected chi connectivity index (χ3v) is 3.39. The maximum atomic E-state index is 12.4. The molecule has 2 unspecified atom stereocenters. The fourth-order valence-corrected chi connectivity index (χ4v) is 2.76. The molecule has 1 fully saturated rings. The van der Waals surface area contributed by atoms with Gasteiger partial charge in [-0.15, -0.1) is 0 Å². The van der Waals surface area contributed by atoms with Crippen LogP contribution in [0.25, 0.3) is 0 Å². The van der Waals surface area contributed by atoms with Crippen molar-refractivity contribution >= 4 is 5.91 Å². The van der Waals surface area contributed by atoms with E-state index in [0.29, 0.717) is 17.5 Å². The van der Waals surface area contributed by atoms with E-state index in [0.717, 1.165) is 19.6 Å². The van der Waals surface area contributed by atoms with Gasteiger partial charge >= 0.3 is 0 Å². The summed E-state index contributed by atoms with van der Waals surface area (Å²) in [7, 11) is 0. The van der Waals surface area contributed by atoms with Gasteiger partial charge in [0.25, 0.3) is 5.91 Å². The van der Waals surface area contributed by atoms with Gasteiger partial charge in [-0.2, -0.15) is 5.10 Å². The van der Waals surface area contributed by atoms with Crippen molar-refractivity contribution in [3.63, 3.8) is 0 Å². The molecular weight excluding hydrogens is 214 g/mol. The predicted octanol–water partition coefficient (Wildman–Crippen LogP) is 2.02. The van der Waals surface area contributed by atoms with E-state index in [1.54, 1.807) is 10.9 Å². The summed E-state index contributed by atoms with van der Waals surface area (Å²) >= 11 is 0. The van der Waals surface area contributed by atoms with E-state index >= 15 is 0 Å². The van der Waals surface area contributed by atoms with Crippen LogP contribution in [0, 0.1) is 11.8 Å². The SMILES string of the molecule is CCn1nccc1C(=O)N1CC(C)CC(C)C1. The number of piperidine rings is 1. The highest BCUT2D eigenvalue weighted by Crippen LogP contribution is 2.22. The van der Waals surface area contributed by atoms with E-state index in [1.165, 1.54) is 6.42 Å². The lowest BCUT2D eigenvalue weighted by atomic mass is 9.92. The minimum Gasteiger partial charge on any atom is -0.337 e. The lowest BCUT2D eigenvalue weighted by molar-refractivity contribution is 0.0610. The summed E-state index contributed by atoms with van der Waals surface area (Å²) in [4.78, 5) is 14.4. The topological polar surface area (TPSA) is 38.1 Å². The van der Waals surface area contributed by atoms with Gasteiger partial charge in [-0.3, -0.25) is 9.48 Å². The number of hydrogen-bond acceptors (Lipinski definition) is 2. The average molecular weight is 235 g/mol. The Morgan fingerprint density at radius 1 is 1.41 bits per heavy atom. The van der Waals surface area contributed by atoms with Gasteiger partial charge in [-0.05, 0) is 31.2 Å². The smallest absolute Gasteiger partial charge is 0.272 e. The summed E-state index contributed by atoms with van der Waals surface area (Å²) in [6.07, 6.45) is 2.92. The van der Waals surface area contributed by atoms with E-state index in [-0.39, 0.29) is 5.91 Å². The highest BCUT2D eigenvalue weighted by Gasteiger charge is 2.27. The van der Waals surface area contributed by atoms with Crippen molar-refractivity contribution < 1.29 is 4.79 Å². The Kier molecular flexibility index (Phi) is 3.50. The molecule has 0 aliphatic carbocycles. The van der Waals surface area contributed by atoms with Crippen molar-refractivity contribution in [2.24, 2.45) is 11.8 Å². The molecule has 2 rings (SSSR count). The summed E-state index contributed by atoms with van der Waals surface area (Å²) < 4.78 is 1.77. The Balaban J connectivity index is 2.14. The van der Waals surface area contributed by atoms with Crippen LogP contribution in [0.2, 0.25) is 0 Å². The first-order valence-electron chi connectivity index (χ1n) is 6.43. The maximum Gasteiger partial charge on any atom is 0.272 e. The van der Waals surface area contributed by atoms with Crippen LogP contribution >= 0.6 is 0 Å². The first-order valence-corrected chi connectivity index (χ1v) is 6.43. The molecule has 4 nitrogen and oxygen atoms in total. The number of aryl methyl sites for hydroxylation is 1. The predicted molar refractivity (Wildman–Crippen MR) is 66.7 cm³/mol. The summed E-state index contributed by atoms with van der Waals surface area (Å²) in [5.41, 5.74) is 0.716. The Hall–Kier alpha value is -1.32. The largest absolute Gasteiger partial charge is 0.337 e. The van der Waals surface area contributed by atoms with Gasteiger partial charge in [0, 0.05) is 25.8 Å². The monoisotopic (exact) mass is 235 g/mol. The molecule has 2 atom stereocenters. The molecule has 1 amide bonds. The fourth-order valence-electron chi connectivity index (χ4n) is 2.76. The zero-order valence-electron chi connectivity index (χ0n) is 10.9. The van der Waals surface area contributed by atoms with E-state index in [4.69, 9.17) is 0 Å². The number of carbonyl (C=O) groups is 1. The van der Waals surface area contributed by atoms with Crippen LogP contribution in [0.4, 0.5) is 0 Å². The Morgan fingerprint density at radius 2 is 2.06 bits per heavy atom. The van der Waals surface area contributed by atoms with Crippen LogP contribution in [-0.2, 0) is 6.54 Å². The molecule has 0 spiro atoms. The van der Waals surface area contributed by atoms with Gasteiger partial charge in [-0.1, -0.05) is 13.8 Å². The van der Waals surface area contributed by atoms with Crippen molar-refractivity contribution in [2.45, 2.75) is 33.7 Å². The highest BCUT2D eigenvalue weighted by atomic mass is 16.2. The lowest BCUT2D eigenvalue weighted by Gasteiger charge is -2.35. The van der Waals surface area contributed by atoms with Crippen molar-refractivity contribution in [1.82, 2.24) is 14.7 Å². The standard InChI is InChI=1S/C13H21N3O/c1-4-16-12(5-6-14-16)13(17)15-8-10(2)7-11(3)9-15/h5-6,10-11H,4,7-9H2,1-3H3. The molecule has 0 aromatic carbocycles. The minimum absolute atomic E-state index is 0.128. The van der Waals surface area contributed by atoms with Crippen LogP contribution in [0.1, 0.15) is 37.7 Å². The quantitative estimate of drug-likeness (QED) is 0.786. The van der Waals surface area contributed by atoms with Crippen molar-refractivity contribution in [1.29, 1.82) is 0 Å². The zero-order valence-corrected chi connectivity index (χ0v) is 10.9. The molecule has 0 saturated carbocycles. The van der Waals surface area contributed by atoms with Crippen LogP contribution in [0.15, 0.2) is 12.3 Å². The molecule has 1 aromatic rings. The molecular formula is C13H21N3O. The van der Waals surface area contributed by atoms with Crippen LogP contribution in [0.5, 0.6) is 0 Å².